The molecular formula is C21H27FN2O3. The van der Waals surface area contributed by atoms with Crippen LogP contribution in [-0.2, 0) is 4.79 Å². The second-order valence-electron chi connectivity index (χ2n) is 6.06. The van der Waals surface area contributed by atoms with Crippen molar-refractivity contribution in [3.8, 4) is 11.5 Å². The Morgan fingerprint density at radius 1 is 1.11 bits per heavy atom. The third-order valence-electron chi connectivity index (χ3n) is 4.39. The molecule has 0 aliphatic heterocycles. The molecule has 0 fully saturated rings. The normalized spacial score (nSPS) is 11.9. The highest BCUT2D eigenvalue weighted by molar-refractivity contribution is 5.77. The number of likely N-dealkylation sites (N-methyl/N-ethyl adjacent to an activating group) is 1. The lowest BCUT2D eigenvalue weighted by Crippen LogP contribution is -2.39. The summed E-state index contributed by atoms with van der Waals surface area (Å²) in [5.41, 5.74) is 1.07. The summed E-state index contributed by atoms with van der Waals surface area (Å²) < 4.78 is 23.8. The van der Waals surface area contributed by atoms with Gasteiger partial charge in [0.25, 0.3) is 5.91 Å². The lowest BCUT2D eigenvalue weighted by atomic mass is 10.0. The van der Waals surface area contributed by atoms with E-state index in [-0.39, 0.29) is 18.6 Å². The summed E-state index contributed by atoms with van der Waals surface area (Å²) in [7, 11) is 1.64. The Kier molecular flexibility index (Phi) is 8.07. The molecule has 2 rings (SSSR count). The fourth-order valence-electron chi connectivity index (χ4n) is 2.94. The van der Waals surface area contributed by atoms with Crippen molar-refractivity contribution >= 4 is 5.91 Å². The summed E-state index contributed by atoms with van der Waals surface area (Å²) in [6.07, 6.45) is 0. The zero-order chi connectivity index (χ0) is 19.6. The van der Waals surface area contributed by atoms with Gasteiger partial charge in [-0.05, 0) is 42.9 Å². The second-order valence-corrected chi connectivity index (χ2v) is 6.06. The predicted octanol–water partition coefficient (Wildman–Crippen LogP) is 3.41. The van der Waals surface area contributed by atoms with Gasteiger partial charge in [-0.15, -0.1) is 0 Å². The van der Waals surface area contributed by atoms with Crippen LogP contribution in [0.2, 0.25) is 0 Å². The highest BCUT2D eigenvalue weighted by atomic mass is 19.1. The maximum Gasteiger partial charge on any atom is 0.258 e. The Bertz CT molecular complexity index is 735. The Labute approximate surface area is 160 Å². The lowest BCUT2D eigenvalue weighted by molar-refractivity contribution is -0.123. The molecule has 0 bridgehead atoms. The molecule has 1 atom stereocenters. The fourth-order valence-corrected chi connectivity index (χ4v) is 2.94. The minimum atomic E-state index is -0.396. The number of hydrogen-bond donors (Lipinski definition) is 1. The van der Waals surface area contributed by atoms with Gasteiger partial charge in [0.1, 0.15) is 17.3 Å². The first-order valence-electron chi connectivity index (χ1n) is 9.10. The highest BCUT2D eigenvalue weighted by Gasteiger charge is 2.19. The first-order valence-corrected chi connectivity index (χ1v) is 9.10. The minimum Gasteiger partial charge on any atom is -0.497 e. The van der Waals surface area contributed by atoms with Gasteiger partial charge in [0.15, 0.2) is 6.61 Å². The Morgan fingerprint density at radius 2 is 1.81 bits per heavy atom. The zero-order valence-corrected chi connectivity index (χ0v) is 16.1. The Morgan fingerprint density at radius 3 is 2.48 bits per heavy atom. The van der Waals surface area contributed by atoms with E-state index in [0.29, 0.717) is 12.3 Å². The molecule has 27 heavy (non-hydrogen) atoms. The number of carbonyl (C=O) groups excluding carboxylic acids is 1. The molecule has 0 aromatic heterocycles. The molecule has 0 heterocycles. The molecule has 0 aliphatic rings. The van der Waals surface area contributed by atoms with Crippen molar-refractivity contribution in [3.63, 3.8) is 0 Å². The number of ether oxygens (including phenoxy) is 2. The number of nitrogens with zero attached hydrogens (tertiary/aromatic N) is 1. The first kappa shape index (κ1) is 20.7. The van der Waals surface area contributed by atoms with Gasteiger partial charge in [-0.25, -0.2) is 4.39 Å². The van der Waals surface area contributed by atoms with Crippen molar-refractivity contribution in [3.05, 3.63) is 59.9 Å². The molecule has 2 aromatic carbocycles. The molecule has 0 aliphatic carbocycles. The van der Waals surface area contributed by atoms with Crippen LogP contribution in [0.15, 0.2) is 48.5 Å². The van der Waals surface area contributed by atoms with Gasteiger partial charge in [-0.2, -0.15) is 0 Å². The van der Waals surface area contributed by atoms with Gasteiger partial charge in [0, 0.05) is 12.6 Å². The number of rotatable bonds is 10. The predicted molar refractivity (Wildman–Crippen MR) is 104 cm³/mol. The molecule has 0 radical (unpaired) electrons. The molecule has 1 amide bonds. The molecule has 1 unspecified atom stereocenters. The topological polar surface area (TPSA) is 50.8 Å². The fraction of sp³-hybridized carbons (Fsp3) is 0.381. The maximum atomic E-state index is 13.2. The van der Waals surface area contributed by atoms with E-state index >= 15 is 0 Å². The van der Waals surface area contributed by atoms with E-state index < -0.39 is 5.82 Å². The van der Waals surface area contributed by atoms with Gasteiger partial charge < -0.3 is 14.8 Å². The van der Waals surface area contributed by atoms with E-state index in [9.17, 15) is 9.18 Å². The molecule has 0 saturated heterocycles. The quantitative estimate of drug-likeness (QED) is 0.692. The standard InChI is InChI=1S/C21H27FN2O3/c1-4-24(5-2)20(16-8-6-10-18(12-16)26-3)14-23-21(25)15-27-19-11-7-9-17(22)13-19/h6-13,20H,4-5,14-15H2,1-3H3,(H,23,25). The minimum absolute atomic E-state index is 0.0215. The number of amides is 1. The smallest absolute Gasteiger partial charge is 0.258 e. The summed E-state index contributed by atoms with van der Waals surface area (Å²) in [6, 6.07) is 13.6. The molecule has 146 valence electrons. The van der Waals surface area contributed by atoms with Crippen molar-refractivity contribution in [2.75, 3.05) is 33.4 Å². The second kappa shape index (κ2) is 10.5. The third kappa shape index (κ3) is 6.25. The SMILES string of the molecule is CCN(CC)C(CNC(=O)COc1cccc(F)c1)c1cccc(OC)c1. The first-order chi connectivity index (χ1) is 13.1. The van der Waals surface area contributed by atoms with Crippen LogP contribution in [0, 0.1) is 5.82 Å². The van der Waals surface area contributed by atoms with Gasteiger partial charge in [0.2, 0.25) is 0 Å². The average molecular weight is 374 g/mol. The van der Waals surface area contributed by atoms with Crippen molar-refractivity contribution in [1.29, 1.82) is 0 Å². The van der Waals surface area contributed by atoms with E-state index in [2.05, 4.69) is 24.1 Å². The molecule has 0 spiro atoms. The largest absolute Gasteiger partial charge is 0.497 e. The van der Waals surface area contributed by atoms with E-state index in [1.807, 2.05) is 24.3 Å². The van der Waals surface area contributed by atoms with Gasteiger partial charge >= 0.3 is 0 Å². The van der Waals surface area contributed by atoms with E-state index in [4.69, 9.17) is 9.47 Å². The molecule has 5 nitrogen and oxygen atoms in total. The molecule has 6 heteroatoms. The van der Waals surface area contributed by atoms with E-state index in [1.54, 1.807) is 19.2 Å². The summed E-state index contributed by atoms with van der Waals surface area (Å²) in [4.78, 5) is 14.5. The van der Waals surface area contributed by atoms with Crippen LogP contribution in [0.1, 0.15) is 25.5 Å². The number of methoxy groups -OCH3 is 1. The number of halogens is 1. The van der Waals surface area contributed by atoms with Crippen molar-refractivity contribution in [1.82, 2.24) is 10.2 Å². The third-order valence-corrected chi connectivity index (χ3v) is 4.39. The van der Waals surface area contributed by atoms with Gasteiger partial charge in [0.05, 0.1) is 13.2 Å². The summed E-state index contributed by atoms with van der Waals surface area (Å²) in [5.74, 6) is 0.468. The van der Waals surface area contributed by atoms with E-state index in [0.717, 1.165) is 24.4 Å². The van der Waals surface area contributed by atoms with Crippen LogP contribution in [0.5, 0.6) is 11.5 Å². The monoisotopic (exact) mass is 374 g/mol. The molecular weight excluding hydrogens is 347 g/mol. The zero-order valence-electron chi connectivity index (χ0n) is 16.1. The van der Waals surface area contributed by atoms with Crippen LogP contribution in [-0.4, -0.2) is 44.2 Å². The van der Waals surface area contributed by atoms with E-state index in [1.165, 1.54) is 12.1 Å². The molecule has 0 saturated carbocycles. The number of benzene rings is 2. The van der Waals surface area contributed by atoms with Crippen molar-refractivity contribution in [2.45, 2.75) is 19.9 Å². The highest BCUT2D eigenvalue weighted by Crippen LogP contribution is 2.23. The lowest BCUT2D eigenvalue weighted by Gasteiger charge is -2.30. The summed E-state index contributed by atoms with van der Waals surface area (Å²) in [5, 5.41) is 2.91. The van der Waals surface area contributed by atoms with Crippen molar-refractivity contribution in [2.24, 2.45) is 0 Å². The summed E-state index contributed by atoms with van der Waals surface area (Å²) >= 11 is 0. The Hall–Kier alpha value is -2.60. The number of carbonyl (C=O) groups is 1. The van der Waals surface area contributed by atoms with Crippen LogP contribution in [0.3, 0.4) is 0 Å². The average Bonchev–Trinajstić information content (AvgIpc) is 2.69. The Balaban J connectivity index is 1.99. The van der Waals surface area contributed by atoms with Crippen LogP contribution >= 0.6 is 0 Å². The molecule has 1 N–H and O–H groups in total. The van der Waals surface area contributed by atoms with Crippen LogP contribution in [0.4, 0.5) is 4.39 Å². The van der Waals surface area contributed by atoms with Gasteiger partial charge in [-0.3, -0.25) is 9.69 Å². The summed E-state index contributed by atoms with van der Waals surface area (Å²) in [6.45, 7) is 6.17. The van der Waals surface area contributed by atoms with Crippen LogP contribution in [0.25, 0.3) is 0 Å². The van der Waals surface area contributed by atoms with Gasteiger partial charge in [-0.1, -0.05) is 32.0 Å². The van der Waals surface area contributed by atoms with Crippen molar-refractivity contribution < 1.29 is 18.7 Å². The number of hydrogen-bond acceptors (Lipinski definition) is 4. The maximum absolute atomic E-state index is 13.2. The molecule has 2 aromatic rings. The number of nitrogens with one attached hydrogen (secondary N) is 1. The van der Waals surface area contributed by atoms with Crippen LogP contribution < -0.4 is 14.8 Å².